The van der Waals surface area contributed by atoms with Crippen LogP contribution in [0.4, 0.5) is 0 Å². The van der Waals surface area contributed by atoms with E-state index >= 15 is 0 Å². The average Bonchev–Trinajstić information content (AvgIpc) is 1.48. The fraction of sp³-hybridized carbons (Fsp3) is 0.0200. The number of rotatable bonds is 5. The van der Waals surface area contributed by atoms with Crippen molar-refractivity contribution in [2.45, 2.75) is 30.4 Å². The number of hydrogen-bond donors (Lipinski definition) is 0. The number of fused-ring (bicyclic) bond motifs is 32. The molecule has 5 heterocycles. The Kier molecular flexibility index (Phi) is 12.1. The second-order valence-corrected chi connectivity index (χ2v) is 31.0. The molecule has 20 aromatic rings. The second-order valence-electron chi connectivity index (χ2n) is 28.9. The van der Waals surface area contributed by atoms with Gasteiger partial charge in [0.2, 0.25) is 5.95 Å². The van der Waals surface area contributed by atoms with Gasteiger partial charge in [-0.25, -0.2) is 9.97 Å². The minimum atomic E-state index is -0.647. The number of nitrogens with zero attached hydrogens (tertiary/aromatic N) is 4. The fourth-order valence-corrected chi connectivity index (χ4v) is 22.2. The lowest BCUT2D eigenvalue weighted by Gasteiger charge is -2.40. The number of aromatic nitrogens is 4. The van der Waals surface area contributed by atoms with Gasteiger partial charge in [0.1, 0.15) is 0 Å². The summed E-state index contributed by atoms with van der Waals surface area (Å²) in [5.41, 5.74) is 27.4. The Morgan fingerprint density at radius 1 is 0.255 bits per heavy atom. The number of para-hydroxylation sites is 1. The lowest BCUT2D eigenvalue weighted by Crippen LogP contribution is -2.32. The van der Waals surface area contributed by atoms with E-state index in [-0.39, 0.29) is 0 Å². The van der Waals surface area contributed by atoms with Crippen LogP contribution in [0.25, 0.3) is 154 Å². The van der Waals surface area contributed by atoms with Crippen LogP contribution in [0.3, 0.4) is 0 Å². The Bertz CT molecular complexity index is 7240. The smallest absolute Gasteiger partial charge is 0.235 e. The van der Waals surface area contributed by atoms with Gasteiger partial charge in [-0.05, 0) is 165 Å². The van der Waals surface area contributed by atoms with Gasteiger partial charge in [-0.3, -0.25) is 4.57 Å². The predicted molar refractivity (Wildman–Crippen MR) is 440 cm³/mol. The van der Waals surface area contributed by atoms with E-state index in [9.17, 15) is 0 Å². The van der Waals surface area contributed by atoms with Crippen LogP contribution in [0, 0.1) is 0 Å². The van der Waals surface area contributed by atoms with E-state index in [0.29, 0.717) is 5.95 Å². The van der Waals surface area contributed by atoms with Gasteiger partial charge in [0.05, 0.1) is 44.1 Å². The molecule has 17 aromatic carbocycles. The Hall–Kier alpha value is -12.8. The van der Waals surface area contributed by atoms with Gasteiger partial charge in [-0.1, -0.05) is 321 Å². The van der Waals surface area contributed by atoms with Gasteiger partial charge in [-0.2, -0.15) is 0 Å². The molecule has 2 spiro atoms. The first-order chi connectivity index (χ1) is 52.6. The molecule has 0 fully saturated rings. The SMILES string of the molecule is c1ccc(-c2ccc(-c3nc(-n4c5ccc6c(c5c5cc(-c7ccc8c(c7)-c7ccccc7C87c8ccccc8Sc8c7ccc7c8c8ccc9ccccc9c8n7-c7ccc8ccccc8c7)c7ccccc7c54)Sc4ccccc4C64c5ccccc5-c5ccccc54)nc4ccccc34)cc2)cc1. The van der Waals surface area contributed by atoms with Crippen molar-refractivity contribution in [3.8, 4) is 67.4 Å². The first-order valence-corrected chi connectivity index (χ1v) is 38.1. The fourth-order valence-electron chi connectivity index (χ4n) is 19.5. The van der Waals surface area contributed by atoms with Crippen LogP contribution in [0.15, 0.2) is 371 Å². The van der Waals surface area contributed by atoms with Crippen LogP contribution in [-0.2, 0) is 10.8 Å². The summed E-state index contributed by atoms with van der Waals surface area (Å²) in [6.07, 6.45) is 0. The normalized spacial score (nSPS) is 14.8. The van der Waals surface area contributed by atoms with E-state index < -0.39 is 10.8 Å². The largest absolute Gasteiger partial charge is 0.309 e. The van der Waals surface area contributed by atoms with Crippen LogP contribution >= 0.6 is 23.5 Å². The Morgan fingerprint density at radius 2 is 0.736 bits per heavy atom. The number of benzene rings is 17. The van der Waals surface area contributed by atoms with Crippen molar-refractivity contribution >= 4 is 110 Å². The third kappa shape index (κ3) is 7.75. The van der Waals surface area contributed by atoms with Gasteiger partial charge < -0.3 is 4.57 Å². The summed E-state index contributed by atoms with van der Waals surface area (Å²) in [7, 11) is 0. The Balaban J connectivity index is 0.772. The molecule has 2 aliphatic heterocycles. The minimum absolute atomic E-state index is 0.599. The summed E-state index contributed by atoms with van der Waals surface area (Å²) in [6, 6.07) is 132. The molecular formula is C100H58N4S2. The molecule has 0 N–H and O–H groups in total. The van der Waals surface area contributed by atoms with Crippen molar-refractivity contribution in [2.24, 2.45) is 0 Å². The maximum absolute atomic E-state index is 5.83. The Labute approximate surface area is 619 Å². The van der Waals surface area contributed by atoms with Gasteiger partial charge in [-0.15, -0.1) is 0 Å². The molecule has 1 atom stereocenters. The lowest BCUT2D eigenvalue weighted by molar-refractivity contribution is 0.726. The summed E-state index contributed by atoms with van der Waals surface area (Å²) in [4.78, 5) is 16.6. The minimum Gasteiger partial charge on any atom is -0.309 e. The van der Waals surface area contributed by atoms with E-state index in [1.165, 1.54) is 146 Å². The van der Waals surface area contributed by atoms with E-state index in [2.05, 4.69) is 361 Å². The van der Waals surface area contributed by atoms with E-state index in [1.807, 2.05) is 23.5 Å². The first-order valence-electron chi connectivity index (χ1n) is 36.5. The third-order valence-corrected chi connectivity index (χ3v) is 26.2. The molecule has 0 saturated carbocycles. The third-order valence-electron chi connectivity index (χ3n) is 23.8. The highest BCUT2D eigenvalue weighted by atomic mass is 32.2. The van der Waals surface area contributed by atoms with Crippen molar-refractivity contribution in [3.05, 3.63) is 396 Å². The second kappa shape index (κ2) is 21.9. The molecular weight excluding hydrogens is 1320 g/mol. The standard InChI is InChI=1S/C100H58N4S2/c1-2-22-59(23-3-1)61-42-44-63(45-43-61)93-73-33-13-19-39-86(73)101-98(102-93)104-88-55-53-85-97(106-89-40-20-17-37-82(89)99(85)78-34-14-10-29-69(78)70-30-11-15-35-79(70)99)92(88)77-58-75(68-28-8-9-32-72(68)95(77)104)65-48-51-81-76(57-65)71-31-12-16-36-80(71)100(81)83-38-18-21-41-90(83)105-96-84(100)52-54-87-91(96)74-50-47-62-25-6-7-27-67(62)94(74)103(87)66-49-46-60-24-4-5-26-64(60)56-66/h1-58H. The highest BCUT2D eigenvalue weighted by molar-refractivity contribution is 8.00. The molecule has 106 heavy (non-hydrogen) atoms. The zero-order valence-corrected chi connectivity index (χ0v) is 58.7. The molecule has 2 aliphatic carbocycles. The van der Waals surface area contributed by atoms with Crippen LogP contribution in [0.1, 0.15) is 44.5 Å². The molecule has 0 saturated heterocycles. The highest BCUT2D eigenvalue weighted by Crippen LogP contribution is 2.66. The van der Waals surface area contributed by atoms with Gasteiger partial charge >= 0.3 is 0 Å². The van der Waals surface area contributed by atoms with Crippen molar-refractivity contribution in [2.75, 3.05) is 0 Å². The molecule has 24 rings (SSSR count). The van der Waals surface area contributed by atoms with Crippen LogP contribution in [0.2, 0.25) is 0 Å². The molecule has 1 unspecified atom stereocenters. The van der Waals surface area contributed by atoms with Crippen molar-refractivity contribution < 1.29 is 0 Å². The quantitative estimate of drug-likeness (QED) is 0.172. The lowest BCUT2D eigenvalue weighted by atomic mass is 9.67. The summed E-state index contributed by atoms with van der Waals surface area (Å²) >= 11 is 3.85. The van der Waals surface area contributed by atoms with Crippen molar-refractivity contribution in [1.82, 2.24) is 19.1 Å². The maximum Gasteiger partial charge on any atom is 0.235 e. The molecule has 0 radical (unpaired) electrons. The summed E-state index contributed by atoms with van der Waals surface area (Å²) < 4.78 is 4.96. The highest BCUT2D eigenvalue weighted by Gasteiger charge is 2.53. The maximum atomic E-state index is 5.83. The number of hydrogen-bond acceptors (Lipinski definition) is 4. The van der Waals surface area contributed by atoms with Crippen LogP contribution in [0.5, 0.6) is 0 Å². The summed E-state index contributed by atoms with van der Waals surface area (Å²) in [5.74, 6) is 0.626. The summed E-state index contributed by atoms with van der Waals surface area (Å²) in [5, 5.41) is 13.1. The van der Waals surface area contributed by atoms with Gasteiger partial charge in [0.15, 0.2) is 0 Å². The summed E-state index contributed by atoms with van der Waals surface area (Å²) in [6.45, 7) is 0. The van der Waals surface area contributed by atoms with Gasteiger partial charge in [0.25, 0.3) is 0 Å². The predicted octanol–water partition coefficient (Wildman–Crippen LogP) is 25.9. The topological polar surface area (TPSA) is 35.6 Å². The molecule has 0 amide bonds. The Morgan fingerprint density at radius 3 is 1.42 bits per heavy atom. The molecule has 490 valence electrons. The van der Waals surface area contributed by atoms with Gasteiger partial charge in [0, 0.05) is 68.5 Å². The van der Waals surface area contributed by atoms with E-state index in [4.69, 9.17) is 9.97 Å². The molecule has 4 nitrogen and oxygen atoms in total. The van der Waals surface area contributed by atoms with Crippen molar-refractivity contribution in [1.29, 1.82) is 0 Å². The van der Waals surface area contributed by atoms with Crippen LogP contribution in [-0.4, -0.2) is 19.1 Å². The molecule has 6 heteroatoms. The molecule has 4 aliphatic rings. The van der Waals surface area contributed by atoms with E-state index in [0.717, 1.165) is 66.2 Å². The molecule has 0 bridgehead atoms. The monoisotopic (exact) mass is 1380 g/mol. The molecule has 3 aromatic heterocycles. The zero-order valence-electron chi connectivity index (χ0n) is 57.1. The van der Waals surface area contributed by atoms with Crippen molar-refractivity contribution in [3.63, 3.8) is 0 Å². The van der Waals surface area contributed by atoms with E-state index in [1.54, 1.807) is 0 Å². The average molecular weight is 1380 g/mol. The van der Waals surface area contributed by atoms with Crippen LogP contribution < -0.4 is 0 Å². The first kappa shape index (κ1) is 58.6. The zero-order chi connectivity index (χ0) is 69.1.